The minimum Gasteiger partial charge on any atom is -0.469 e. The van der Waals surface area contributed by atoms with Crippen LogP contribution in [0.2, 0.25) is 0 Å². The quantitative estimate of drug-likeness (QED) is 0.818. The number of hydrogen-bond acceptors (Lipinski definition) is 4. The Morgan fingerprint density at radius 1 is 1.54 bits per heavy atom. The van der Waals surface area contributed by atoms with Crippen LogP contribution in [0.5, 0.6) is 0 Å². The molecule has 0 aromatic carbocycles. The van der Waals surface area contributed by atoms with Crippen molar-refractivity contribution in [3.8, 4) is 0 Å². The van der Waals surface area contributed by atoms with E-state index in [9.17, 15) is 4.79 Å². The molecule has 1 aliphatic heterocycles. The second-order valence-corrected chi connectivity index (χ2v) is 6.51. The van der Waals surface area contributed by atoms with E-state index >= 15 is 0 Å². The van der Waals surface area contributed by atoms with Crippen molar-refractivity contribution in [3.63, 3.8) is 0 Å². The van der Waals surface area contributed by atoms with Crippen molar-refractivity contribution in [1.82, 2.24) is 20.4 Å². The van der Waals surface area contributed by atoms with Crippen molar-refractivity contribution in [2.45, 2.75) is 64.2 Å². The van der Waals surface area contributed by atoms with E-state index in [0.717, 1.165) is 37.1 Å². The Balaban J connectivity index is 1.61. The second kappa shape index (κ2) is 7.66. The maximum absolute atomic E-state index is 11.9. The van der Waals surface area contributed by atoms with Crippen LogP contribution in [0.25, 0.3) is 0 Å². The Hall–Kier alpha value is -2.08. The smallest absolute Gasteiger partial charge is 0.220 e. The molecule has 24 heavy (non-hydrogen) atoms. The lowest BCUT2D eigenvalue weighted by molar-refractivity contribution is -0.124. The van der Waals surface area contributed by atoms with E-state index in [1.165, 1.54) is 0 Å². The average molecular weight is 330 g/mol. The summed E-state index contributed by atoms with van der Waals surface area (Å²) in [6, 6.07) is 4.49. The van der Waals surface area contributed by atoms with Gasteiger partial charge >= 0.3 is 0 Å². The van der Waals surface area contributed by atoms with Gasteiger partial charge in [-0.1, -0.05) is 0 Å². The van der Waals surface area contributed by atoms with Gasteiger partial charge in [0.2, 0.25) is 5.91 Å². The van der Waals surface area contributed by atoms with Crippen LogP contribution in [0, 0.1) is 0 Å². The summed E-state index contributed by atoms with van der Waals surface area (Å²) in [6.45, 7) is 5.08. The normalized spacial score (nSPS) is 22.3. The van der Waals surface area contributed by atoms with Crippen LogP contribution in [0.4, 0.5) is 0 Å². The topological polar surface area (TPSA) is 72.1 Å². The van der Waals surface area contributed by atoms with Gasteiger partial charge in [-0.05, 0) is 38.8 Å². The molecule has 1 unspecified atom stereocenters. The lowest BCUT2D eigenvalue weighted by atomic mass is 9.92. The lowest BCUT2D eigenvalue weighted by Gasteiger charge is -2.34. The third kappa shape index (κ3) is 4.06. The molecule has 1 amide bonds. The van der Waals surface area contributed by atoms with Crippen LogP contribution < -0.4 is 10.6 Å². The first-order valence-corrected chi connectivity index (χ1v) is 8.76. The van der Waals surface area contributed by atoms with Crippen LogP contribution in [0.1, 0.15) is 50.5 Å². The molecule has 1 aliphatic rings. The molecule has 0 aliphatic carbocycles. The maximum Gasteiger partial charge on any atom is 0.220 e. The Morgan fingerprint density at radius 3 is 3.12 bits per heavy atom. The lowest BCUT2D eigenvalue weighted by Crippen LogP contribution is -2.50. The Kier molecular flexibility index (Phi) is 5.35. The first kappa shape index (κ1) is 16.8. The van der Waals surface area contributed by atoms with E-state index in [4.69, 9.17) is 4.42 Å². The molecule has 0 spiro atoms. The van der Waals surface area contributed by atoms with E-state index in [1.807, 2.05) is 29.2 Å². The highest BCUT2D eigenvalue weighted by Crippen LogP contribution is 2.24. The number of hydrogen-bond donors (Lipinski definition) is 2. The molecule has 0 saturated carbocycles. The largest absolute Gasteiger partial charge is 0.469 e. The van der Waals surface area contributed by atoms with Gasteiger partial charge in [0.25, 0.3) is 0 Å². The Morgan fingerprint density at radius 2 is 2.42 bits per heavy atom. The summed E-state index contributed by atoms with van der Waals surface area (Å²) >= 11 is 0. The molecule has 3 rings (SSSR count). The molecular formula is C18H26N4O2. The number of amides is 1. The van der Waals surface area contributed by atoms with Crippen molar-refractivity contribution in [2.75, 3.05) is 0 Å². The highest BCUT2D eigenvalue weighted by Gasteiger charge is 2.31. The van der Waals surface area contributed by atoms with E-state index in [0.29, 0.717) is 12.5 Å². The fourth-order valence-electron chi connectivity index (χ4n) is 3.27. The van der Waals surface area contributed by atoms with Crippen molar-refractivity contribution >= 4 is 5.91 Å². The number of piperidine rings is 1. The first-order chi connectivity index (χ1) is 11.7. The summed E-state index contributed by atoms with van der Waals surface area (Å²) in [5.74, 6) is 1.13. The van der Waals surface area contributed by atoms with Crippen LogP contribution >= 0.6 is 0 Å². The van der Waals surface area contributed by atoms with E-state index < -0.39 is 0 Å². The molecule has 2 aromatic heterocycles. The average Bonchev–Trinajstić information content (AvgIpc) is 3.26. The van der Waals surface area contributed by atoms with E-state index in [2.05, 4.69) is 29.6 Å². The highest BCUT2D eigenvalue weighted by atomic mass is 16.3. The molecule has 2 aromatic rings. The minimum absolute atomic E-state index is 0.0161. The number of aromatic nitrogens is 2. The minimum atomic E-state index is -0.0161. The molecule has 2 N–H and O–H groups in total. The van der Waals surface area contributed by atoms with Crippen LogP contribution in [-0.4, -0.2) is 27.8 Å². The Bertz CT molecular complexity index is 650. The Labute approximate surface area is 142 Å². The van der Waals surface area contributed by atoms with Gasteiger partial charge < -0.3 is 15.1 Å². The maximum atomic E-state index is 11.9. The van der Waals surface area contributed by atoms with Crippen molar-refractivity contribution < 1.29 is 9.21 Å². The first-order valence-electron chi connectivity index (χ1n) is 8.76. The molecule has 1 saturated heterocycles. The van der Waals surface area contributed by atoms with Crippen LogP contribution in [-0.2, 0) is 17.8 Å². The second-order valence-electron chi connectivity index (χ2n) is 6.51. The summed E-state index contributed by atoms with van der Waals surface area (Å²) < 4.78 is 7.29. The summed E-state index contributed by atoms with van der Waals surface area (Å²) in [7, 11) is 0. The molecule has 3 heterocycles. The molecule has 0 bridgehead atoms. The van der Waals surface area contributed by atoms with Crippen molar-refractivity contribution in [1.29, 1.82) is 0 Å². The van der Waals surface area contributed by atoms with Crippen molar-refractivity contribution in [2.24, 2.45) is 0 Å². The third-order valence-electron chi connectivity index (χ3n) is 4.64. The molecule has 3 atom stereocenters. The van der Waals surface area contributed by atoms with Crippen molar-refractivity contribution in [3.05, 3.63) is 42.1 Å². The predicted molar refractivity (Wildman–Crippen MR) is 91.4 cm³/mol. The van der Waals surface area contributed by atoms with Gasteiger partial charge in [-0.15, -0.1) is 0 Å². The summed E-state index contributed by atoms with van der Waals surface area (Å²) in [4.78, 5) is 11.9. The van der Waals surface area contributed by atoms with Gasteiger partial charge in [0, 0.05) is 43.2 Å². The predicted octanol–water partition coefficient (Wildman–Crippen LogP) is 2.43. The van der Waals surface area contributed by atoms with Gasteiger partial charge in [0.1, 0.15) is 5.76 Å². The summed E-state index contributed by atoms with van der Waals surface area (Å²) in [5.41, 5.74) is 1.07. The van der Waals surface area contributed by atoms with Gasteiger partial charge in [-0.2, -0.15) is 5.10 Å². The van der Waals surface area contributed by atoms with Crippen LogP contribution in [0.3, 0.4) is 0 Å². The number of rotatable bonds is 7. The van der Waals surface area contributed by atoms with E-state index in [1.54, 1.807) is 6.26 Å². The fraction of sp³-hybridized carbons (Fsp3) is 0.556. The fourth-order valence-corrected chi connectivity index (χ4v) is 3.27. The molecule has 6 nitrogen and oxygen atoms in total. The number of nitrogens with one attached hydrogen (secondary N) is 2. The van der Waals surface area contributed by atoms with Gasteiger partial charge in [0.15, 0.2) is 0 Å². The summed E-state index contributed by atoms with van der Waals surface area (Å²) in [5, 5.41) is 11.1. The molecule has 130 valence electrons. The highest BCUT2D eigenvalue weighted by molar-refractivity contribution is 5.77. The van der Waals surface area contributed by atoms with Gasteiger partial charge in [0.05, 0.1) is 18.5 Å². The third-order valence-corrected chi connectivity index (χ3v) is 4.64. The zero-order valence-corrected chi connectivity index (χ0v) is 14.4. The zero-order valence-electron chi connectivity index (χ0n) is 14.4. The van der Waals surface area contributed by atoms with E-state index in [-0.39, 0.29) is 18.0 Å². The number of nitrogens with zero attached hydrogens (tertiary/aromatic N) is 2. The molecule has 6 heteroatoms. The van der Waals surface area contributed by atoms with Crippen LogP contribution in [0.15, 0.2) is 35.2 Å². The standard InChI is InChI=1S/C18H26N4O2/c1-3-22-12-14(11-19-22)18-16(8-9-17(23)21-18)20-13(2)6-7-15-5-4-10-24-15/h4-5,10-13,16,18,20H,3,6-9H2,1-2H3,(H,21,23)/t13?,16-,18+/m1/s1. The number of carbonyl (C=O) groups is 1. The number of carbonyl (C=O) groups excluding carboxylic acids is 1. The number of furan rings is 1. The number of aryl methyl sites for hydroxylation is 2. The molecule has 0 radical (unpaired) electrons. The van der Waals surface area contributed by atoms with Gasteiger partial charge in [-0.25, -0.2) is 0 Å². The molecule has 1 fully saturated rings. The monoisotopic (exact) mass is 330 g/mol. The molecular weight excluding hydrogens is 304 g/mol. The zero-order chi connectivity index (χ0) is 16.9. The summed E-state index contributed by atoms with van der Waals surface area (Å²) in [6.07, 6.45) is 8.93. The van der Waals surface area contributed by atoms with Gasteiger partial charge in [-0.3, -0.25) is 9.48 Å². The SMILES string of the molecule is CCn1cc([C@@H]2NC(=O)CC[C@H]2NC(C)CCc2ccco2)cn1.